The zero-order valence-electron chi connectivity index (χ0n) is 6.32. The summed E-state index contributed by atoms with van der Waals surface area (Å²) < 4.78 is 12.8. The van der Waals surface area contributed by atoms with Crippen molar-refractivity contribution in [2.75, 3.05) is 0 Å². The van der Waals surface area contributed by atoms with Gasteiger partial charge in [0.05, 0.1) is 0 Å². The van der Waals surface area contributed by atoms with Crippen molar-refractivity contribution in [2.24, 2.45) is 0 Å². The van der Waals surface area contributed by atoms with Crippen LogP contribution in [0.1, 0.15) is 20.3 Å². The number of halogens is 1. The predicted molar refractivity (Wildman–Crippen MR) is 41.3 cm³/mol. The first-order chi connectivity index (χ1) is 4.70. The molecule has 0 heterocycles. The Morgan fingerprint density at radius 1 is 1.40 bits per heavy atom. The molecule has 1 aliphatic carbocycles. The molecule has 10 heavy (non-hydrogen) atoms. The quantitative estimate of drug-likeness (QED) is 0.482. The molecule has 0 nitrogen and oxygen atoms in total. The lowest BCUT2D eigenvalue weighted by Gasteiger charge is -1.92. The summed E-state index contributed by atoms with van der Waals surface area (Å²) in [7, 11) is 0. The van der Waals surface area contributed by atoms with Crippen LogP contribution >= 0.6 is 0 Å². The van der Waals surface area contributed by atoms with Crippen molar-refractivity contribution in [1.82, 2.24) is 0 Å². The second-order valence-electron chi connectivity index (χ2n) is 2.63. The lowest BCUT2D eigenvalue weighted by atomic mass is 10.2. The first-order valence-corrected chi connectivity index (χ1v) is 3.40. The van der Waals surface area contributed by atoms with Crippen molar-refractivity contribution in [3.05, 3.63) is 35.2 Å². The van der Waals surface area contributed by atoms with Crippen molar-refractivity contribution in [2.45, 2.75) is 20.3 Å². The molecule has 0 fully saturated rings. The Morgan fingerprint density at radius 3 is 2.80 bits per heavy atom. The molecule has 0 radical (unpaired) electrons. The molecule has 0 bridgehead atoms. The Balaban J connectivity index is 2.98. The zero-order chi connectivity index (χ0) is 7.56. The first kappa shape index (κ1) is 7.26. The van der Waals surface area contributed by atoms with Crippen LogP contribution in [0.25, 0.3) is 0 Å². The summed E-state index contributed by atoms with van der Waals surface area (Å²) in [6.07, 6.45) is 6.13. The van der Waals surface area contributed by atoms with Gasteiger partial charge in [0.25, 0.3) is 0 Å². The van der Waals surface area contributed by atoms with Crippen LogP contribution in [0.3, 0.4) is 0 Å². The third kappa shape index (κ3) is 1.56. The molecule has 0 aromatic heterocycles. The van der Waals surface area contributed by atoms with Gasteiger partial charge in [-0.15, -0.1) is 0 Å². The minimum Gasteiger partial charge on any atom is -0.207 e. The summed E-state index contributed by atoms with van der Waals surface area (Å²) in [6.45, 7) is 3.79. The van der Waals surface area contributed by atoms with Gasteiger partial charge < -0.3 is 0 Å². The molecule has 0 aromatic carbocycles. The number of hydrogen-bond acceptors (Lipinski definition) is 0. The smallest absolute Gasteiger partial charge is 0.125 e. The summed E-state index contributed by atoms with van der Waals surface area (Å²) in [5.41, 5.74) is 1.94. The molecule has 0 spiro atoms. The fraction of sp³-hybridized carbons (Fsp3) is 0.333. The average molecular weight is 138 g/mol. The second kappa shape index (κ2) is 2.82. The van der Waals surface area contributed by atoms with E-state index in [9.17, 15) is 4.39 Å². The topological polar surface area (TPSA) is 0 Å². The molecule has 1 rings (SSSR count). The molecule has 54 valence electrons. The summed E-state index contributed by atoms with van der Waals surface area (Å²) in [5.74, 6) is -0.114. The Hall–Kier alpha value is -0.850. The lowest BCUT2D eigenvalue weighted by Crippen LogP contribution is -1.73. The van der Waals surface area contributed by atoms with E-state index in [1.807, 2.05) is 19.1 Å². The SMILES string of the molecule is CC1=CC(C)=C(F)C=CC1. The Bertz CT molecular complexity index is 219. The molecule has 0 aromatic rings. The van der Waals surface area contributed by atoms with Crippen molar-refractivity contribution < 1.29 is 4.39 Å². The van der Waals surface area contributed by atoms with Crippen LogP contribution in [-0.2, 0) is 0 Å². The van der Waals surface area contributed by atoms with Gasteiger partial charge in [0.1, 0.15) is 5.83 Å². The van der Waals surface area contributed by atoms with E-state index in [2.05, 4.69) is 0 Å². The van der Waals surface area contributed by atoms with Crippen molar-refractivity contribution >= 4 is 0 Å². The van der Waals surface area contributed by atoms with E-state index in [0.717, 1.165) is 12.0 Å². The second-order valence-corrected chi connectivity index (χ2v) is 2.63. The molecule has 0 unspecified atom stereocenters. The number of rotatable bonds is 0. The molecule has 1 aliphatic rings. The molecular weight excluding hydrogens is 127 g/mol. The van der Waals surface area contributed by atoms with E-state index in [4.69, 9.17) is 0 Å². The number of allylic oxidation sites excluding steroid dienone is 6. The predicted octanol–water partition coefficient (Wildman–Crippen LogP) is 3.14. The highest BCUT2D eigenvalue weighted by molar-refractivity contribution is 5.33. The third-order valence-electron chi connectivity index (χ3n) is 1.54. The Morgan fingerprint density at radius 2 is 2.10 bits per heavy atom. The minimum atomic E-state index is -0.114. The fourth-order valence-corrected chi connectivity index (χ4v) is 0.977. The van der Waals surface area contributed by atoms with Crippen LogP contribution in [-0.4, -0.2) is 0 Å². The van der Waals surface area contributed by atoms with Gasteiger partial charge in [-0.05, 0) is 31.9 Å². The minimum absolute atomic E-state index is 0.114. The monoisotopic (exact) mass is 138 g/mol. The van der Waals surface area contributed by atoms with Crippen molar-refractivity contribution in [3.63, 3.8) is 0 Å². The van der Waals surface area contributed by atoms with Crippen LogP contribution < -0.4 is 0 Å². The number of hydrogen-bond donors (Lipinski definition) is 0. The van der Waals surface area contributed by atoms with Gasteiger partial charge in [-0.25, -0.2) is 4.39 Å². The average Bonchev–Trinajstić information content (AvgIpc) is 1.96. The highest BCUT2D eigenvalue weighted by Gasteiger charge is 1.98. The normalized spacial score (nSPS) is 18.9. The molecule has 0 saturated carbocycles. The van der Waals surface area contributed by atoms with Gasteiger partial charge in [-0.2, -0.15) is 0 Å². The Kier molecular flexibility index (Phi) is 2.05. The van der Waals surface area contributed by atoms with Crippen LogP contribution in [0.5, 0.6) is 0 Å². The molecule has 0 amide bonds. The summed E-state index contributed by atoms with van der Waals surface area (Å²) in [4.78, 5) is 0. The van der Waals surface area contributed by atoms with Gasteiger partial charge in [-0.1, -0.05) is 17.7 Å². The van der Waals surface area contributed by atoms with Crippen molar-refractivity contribution in [3.8, 4) is 0 Å². The largest absolute Gasteiger partial charge is 0.207 e. The van der Waals surface area contributed by atoms with E-state index in [0.29, 0.717) is 0 Å². The van der Waals surface area contributed by atoms with Gasteiger partial charge in [0, 0.05) is 0 Å². The molecule has 1 heteroatoms. The van der Waals surface area contributed by atoms with Gasteiger partial charge >= 0.3 is 0 Å². The Labute approximate surface area is 60.7 Å². The van der Waals surface area contributed by atoms with E-state index in [-0.39, 0.29) is 5.83 Å². The molecule has 0 N–H and O–H groups in total. The third-order valence-corrected chi connectivity index (χ3v) is 1.54. The summed E-state index contributed by atoms with van der Waals surface area (Å²) in [5, 5.41) is 0. The molecular formula is C9H11F. The van der Waals surface area contributed by atoms with Crippen LogP contribution in [0.2, 0.25) is 0 Å². The fourth-order valence-electron chi connectivity index (χ4n) is 0.977. The van der Waals surface area contributed by atoms with E-state index < -0.39 is 0 Å². The van der Waals surface area contributed by atoms with Gasteiger partial charge in [-0.3, -0.25) is 0 Å². The maximum Gasteiger partial charge on any atom is 0.125 e. The zero-order valence-corrected chi connectivity index (χ0v) is 6.32. The molecule has 0 saturated heterocycles. The standard InChI is InChI=1S/C9H11F/c1-7-4-3-5-9(10)8(2)6-7/h3,5-6H,4H2,1-2H3. The highest BCUT2D eigenvalue weighted by Crippen LogP contribution is 2.17. The molecule has 0 aliphatic heterocycles. The van der Waals surface area contributed by atoms with Gasteiger partial charge in [0.15, 0.2) is 0 Å². The van der Waals surface area contributed by atoms with Crippen LogP contribution in [0.4, 0.5) is 4.39 Å². The van der Waals surface area contributed by atoms with E-state index in [1.54, 1.807) is 6.92 Å². The van der Waals surface area contributed by atoms with Gasteiger partial charge in [0.2, 0.25) is 0 Å². The maximum atomic E-state index is 12.8. The van der Waals surface area contributed by atoms with Crippen molar-refractivity contribution in [1.29, 1.82) is 0 Å². The van der Waals surface area contributed by atoms with Crippen LogP contribution in [0.15, 0.2) is 35.2 Å². The van der Waals surface area contributed by atoms with Crippen LogP contribution in [0, 0.1) is 0 Å². The maximum absolute atomic E-state index is 12.8. The first-order valence-electron chi connectivity index (χ1n) is 3.40. The summed E-state index contributed by atoms with van der Waals surface area (Å²) in [6, 6.07) is 0. The molecule has 0 atom stereocenters. The van der Waals surface area contributed by atoms with E-state index >= 15 is 0 Å². The highest BCUT2D eigenvalue weighted by atomic mass is 19.1. The summed E-state index contributed by atoms with van der Waals surface area (Å²) >= 11 is 0. The lowest BCUT2D eigenvalue weighted by molar-refractivity contribution is 0.658. The van der Waals surface area contributed by atoms with E-state index in [1.165, 1.54) is 11.6 Å².